The number of halogens is 3. The van der Waals surface area contributed by atoms with Crippen LogP contribution in [0.15, 0.2) is 0 Å². The summed E-state index contributed by atoms with van der Waals surface area (Å²) in [4.78, 5) is 0. The van der Waals surface area contributed by atoms with Crippen molar-refractivity contribution in [3.63, 3.8) is 0 Å². The second-order valence-electron chi connectivity index (χ2n) is 6.29. The van der Waals surface area contributed by atoms with Crippen LogP contribution in [0.2, 0.25) is 0 Å². The summed E-state index contributed by atoms with van der Waals surface area (Å²) in [5, 5.41) is 0. The monoisotopic (exact) mass is 421 g/mol. The molecule has 0 atom stereocenters. The van der Waals surface area contributed by atoms with Crippen LogP contribution in [0.1, 0.15) is 38.5 Å². The predicted octanol–water partition coefficient (Wildman–Crippen LogP) is 4.86. The fourth-order valence-corrected chi connectivity index (χ4v) is 14.7. The number of rotatable bonds is 5. The Morgan fingerprint density at radius 1 is 0.773 bits per heavy atom. The van der Waals surface area contributed by atoms with Gasteiger partial charge in [0.05, 0.1) is 0 Å². The summed E-state index contributed by atoms with van der Waals surface area (Å²) in [7, 11) is -5.62. The van der Waals surface area contributed by atoms with Crippen LogP contribution in [-0.2, 0) is 8.88 Å². The second-order valence-corrected chi connectivity index (χ2v) is 14.8. The minimum absolute atomic E-state index is 0.718. The van der Waals surface area contributed by atoms with Crippen molar-refractivity contribution in [2.75, 3.05) is 39.3 Å². The zero-order valence-electron chi connectivity index (χ0n) is 12.7. The van der Waals surface area contributed by atoms with Gasteiger partial charge in [-0.05, 0) is 0 Å². The Labute approximate surface area is 138 Å². The molecule has 0 spiro atoms. The maximum atomic E-state index is 13.7. The molecule has 0 amide bonds. The van der Waals surface area contributed by atoms with Crippen molar-refractivity contribution in [2.45, 2.75) is 38.5 Å². The third-order valence-electron chi connectivity index (χ3n) is 4.91. The van der Waals surface area contributed by atoms with E-state index in [1.165, 1.54) is 0 Å². The van der Waals surface area contributed by atoms with E-state index in [2.05, 4.69) is 15.5 Å². The zero-order valence-corrected chi connectivity index (χ0v) is 16.0. The summed E-state index contributed by atoms with van der Waals surface area (Å²) < 4.78 is 50.3. The van der Waals surface area contributed by atoms with Crippen LogP contribution >= 0.6 is 29.5 Å². The summed E-state index contributed by atoms with van der Waals surface area (Å²) in [6, 6.07) is 0. The van der Waals surface area contributed by atoms with Gasteiger partial charge in [0, 0.05) is 0 Å². The molecule has 0 unspecified atom stereocenters. The Bertz CT molecular complexity index is 420. The van der Waals surface area contributed by atoms with Crippen molar-refractivity contribution >= 4 is 29.5 Å². The van der Waals surface area contributed by atoms with Gasteiger partial charge in [-0.2, -0.15) is 0 Å². The summed E-state index contributed by atoms with van der Waals surface area (Å²) in [5.41, 5.74) is 0. The molecule has 0 aliphatic carbocycles. The molecule has 0 aromatic rings. The van der Waals surface area contributed by atoms with E-state index >= 15 is 0 Å². The van der Waals surface area contributed by atoms with Crippen LogP contribution in [-0.4, -0.2) is 53.3 Å². The van der Waals surface area contributed by atoms with E-state index in [1.807, 2.05) is 14.0 Å². The van der Waals surface area contributed by atoms with E-state index < -0.39 is 14.0 Å². The molecule has 3 fully saturated rings. The fourth-order valence-electron chi connectivity index (χ4n) is 3.96. The SMILES string of the molecule is O=P(F)(F)OP(Br)(N1CCCC1)(N1CCCC1)N1CCCC1. The van der Waals surface area contributed by atoms with Crippen molar-refractivity contribution in [1.82, 2.24) is 14.0 Å². The van der Waals surface area contributed by atoms with Gasteiger partial charge in [0.2, 0.25) is 0 Å². The second kappa shape index (κ2) is 6.29. The van der Waals surface area contributed by atoms with Gasteiger partial charge in [-0.15, -0.1) is 0 Å². The van der Waals surface area contributed by atoms with Crippen LogP contribution in [0.3, 0.4) is 0 Å². The molecule has 3 saturated heterocycles. The summed E-state index contributed by atoms with van der Waals surface area (Å²) >= 11 is 3.74. The Balaban J connectivity index is 2.08. The Hall–Kier alpha value is 0.840. The molecule has 22 heavy (non-hydrogen) atoms. The number of nitrogens with zero attached hydrogens (tertiary/aromatic N) is 3. The average Bonchev–Trinajstić information content (AvgIpc) is 3.19. The van der Waals surface area contributed by atoms with Crippen LogP contribution in [0, 0.1) is 0 Å². The van der Waals surface area contributed by atoms with E-state index in [1.54, 1.807) is 0 Å². The van der Waals surface area contributed by atoms with E-state index in [-0.39, 0.29) is 0 Å². The van der Waals surface area contributed by atoms with Crippen LogP contribution in [0.25, 0.3) is 0 Å². The van der Waals surface area contributed by atoms with Crippen molar-refractivity contribution < 1.29 is 17.3 Å². The molecule has 130 valence electrons. The van der Waals surface area contributed by atoms with Gasteiger partial charge in [0.15, 0.2) is 0 Å². The molecule has 3 aliphatic rings. The van der Waals surface area contributed by atoms with Crippen molar-refractivity contribution in [2.24, 2.45) is 0 Å². The fraction of sp³-hybridized carbons (Fsp3) is 1.00. The van der Waals surface area contributed by atoms with Gasteiger partial charge in [-0.3, -0.25) is 0 Å². The first-order chi connectivity index (χ1) is 10.3. The molecule has 0 saturated carbocycles. The predicted molar refractivity (Wildman–Crippen MR) is 89.2 cm³/mol. The van der Waals surface area contributed by atoms with E-state index in [0.29, 0.717) is 0 Å². The molecule has 0 radical (unpaired) electrons. The van der Waals surface area contributed by atoms with E-state index in [4.69, 9.17) is 4.31 Å². The normalized spacial score (nSPS) is 28.2. The third-order valence-corrected chi connectivity index (χ3v) is 16.0. The summed E-state index contributed by atoms with van der Waals surface area (Å²) in [6.07, 6.45) is 5.82. The minimum atomic E-state index is -5.62. The average molecular weight is 422 g/mol. The molecule has 0 N–H and O–H groups in total. The van der Waals surface area contributed by atoms with Gasteiger partial charge in [0.25, 0.3) is 0 Å². The molecule has 3 rings (SSSR count). The van der Waals surface area contributed by atoms with Crippen molar-refractivity contribution in [3.05, 3.63) is 0 Å². The first-order valence-corrected chi connectivity index (χ1v) is 13.5. The Morgan fingerprint density at radius 3 is 1.27 bits per heavy atom. The van der Waals surface area contributed by atoms with Gasteiger partial charge in [-0.25, -0.2) is 0 Å². The molecule has 5 nitrogen and oxygen atoms in total. The first kappa shape index (κ1) is 17.7. The van der Waals surface area contributed by atoms with Crippen LogP contribution in [0.4, 0.5) is 8.39 Å². The molecule has 0 bridgehead atoms. The van der Waals surface area contributed by atoms with Crippen molar-refractivity contribution in [1.29, 1.82) is 0 Å². The molecule has 0 aromatic heterocycles. The molecular weight excluding hydrogens is 398 g/mol. The quantitative estimate of drug-likeness (QED) is 0.592. The van der Waals surface area contributed by atoms with Gasteiger partial charge in [0.1, 0.15) is 0 Å². The molecule has 10 heteroatoms. The third kappa shape index (κ3) is 2.94. The standard InChI is InChI=1S/C12H24BrF2N3O2P2/c13-22(20-21(14,15)19,16-7-1-2-8-16,17-9-3-4-10-17)18-11-5-6-12-18/h1-12H2. The zero-order chi connectivity index (χ0) is 15.9. The maximum absolute atomic E-state index is 13.7. The number of hydrogen-bond acceptors (Lipinski definition) is 5. The van der Waals surface area contributed by atoms with E-state index in [0.717, 1.165) is 77.8 Å². The molecule has 3 heterocycles. The van der Waals surface area contributed by atoms with Gasteiger partial charge < -0.3 is 0 Å². The summed E-state index contributed by atoms with van der Waals surface area (Å²) in [6.45, 7) is 4.31. The van der Waals surface area contributed by atoms with Crippen LogP contribution < -0.4 is 0 Å². The van der Waals surface area contributed by atoms with Crippen molar-refractivity contribution in [3.8, 4) is 0 Å². The van der Waals surface area contributed by atoms with Crippen LogP contribution in [0.5, 0.6) is 0 Å². The topological polar surface area (TPSA) is 36.0 Å². The molecule has 3 aliphatic heterocycles. The Morgan fingerprint density at radius 2 is 1.05 bits per heavy atom. The van der Waals surface area contributed by atoms with E-state index in [9.17, 15) is 13.0 Å². The number of hydrogen-bond donors (Lipinski definition) is 0. The molecule has 0 aromatic carbocycles. The Kier molecular flexibility index (Phi) is 5.05. The van der Waals surface area contributed by atoms with Gasteiger partial charge >= 0.3 is 139 Å². The molecular formula is C12H24BrF2N3O2P2. The summed E-state index contributed by atoms with van der Waals surface area (Å²) in [5.74, 6) is -3.84. The first-order valence-electron chi connectivity index (χ1n) is 8.05. The van der Waals surface area contributed by atoms with Gasteiger partial charge in [-0.1, -0.05) is 0 Å².